The molecule has 0 unspecified atom stereocenters. The van der Waals surface area contributed by atoms with Gasteiger partial charge in [0.1, 0.15) is 0 Å². The Kier molecular flexibility index (Phi) is 3.45. The predicted octanol–water partition coefficient (Wildman–Crippen LogP) is 2.02. The van der Waals surface area contributed by atoms with Crippen LogP contribution in [0, 0.1) is 5.41 Å². The van der Waals surface area contributed by atoms with Gasteiger partial charge in [0.25, 0.3) is 0 Å². The van der Waals surface area contributed by atoms with Crippen LogP contribution in [0.5, 0.6) is 0 Å². The van der Waals surface area contributed by atoms with E-state index in [1.165, 1.54) is 58.0 Å². The molecule has 2 nitrogen and oxygen atoms in total. The van der Waals surface area contributed by atoms with Gasteiger partial charge < -0.3 is 10.0 Å². The maximum atomic E-state index is 9.41. The molecule has 1 N–H and O–H groups in total. The van der Waals surface area contributed by atoms with Gasteiger partial charge in [-0.3, -0.25) is 0 Å². The molecule has 2 aliphatic rings. The van der Waals surface area contributed by atoms with Crippen molar-refractivity contribution >= 4 is 0 Å². The summed E-state index contributed by atoms with van der Waals surface area (Å²) < 4.78 is 0. The molecule has 0 atom stereocenters. The molecule has 1 heterocycles. The quantitative estimate of drug-likeness (QED) is 0.748. The number of hydrogen-bond acceptors (Lipinski definition) is 2. The van der Waals surface area contributed by atoms with Gasteiger partial charge in [0.15, 0.2) is 0 Å². The monoisotopic (exact) mass is 197 g/mol. The van der Waals surface area contributed by atoms with Crippen LogP contribution in [0.25, 0.3) is 0 Å². The van der Waals surface area contributed by atoms with E-state index in [-0.39, 0.29) is 0 Å². The third-order valence-electron chi connectivity index (χ3n) is 4.01. The summed E-state index contributed by atoms with van der Waals surface area (Å²) in [5.74, 6) is 0. The molecule has 1 aliphatic heterocycles. The van der Waals surface area contributed by atoms with Gasteiger partial charge in [-0.05, 0) is 38.8 Å². The van der Waals surface area contributed by atoms with Crippen LogP contribution in [0.3, 0.4) is 0 Å². The first kappa shape index (κ1) is 10.4. The Morgan fingerprint density at radius 3 is 2.00 bits per heavy atom. The molecule has 1 saturated heterocycles. The highest BCUT2D eigenvalue weighted by Crippen LogP contribution is 2.41. The van der Waals surface area contributed by atoms with Gasteiger partial charge >= 0.3 is 0 Å². The predicted molar refractivity (Wildman–Crippen MR) is 58.3 cm³/mol. The van der Waals surface area contributed by atoms with Crippen LogP contribution in [0.4, 0.5) is 0 Å². The Labute approximate surface area is 87.3 Å². The van der Waals surface area contributed by atoms with Crippen LogP contribution < -0.4 is 0 Å². The van der Waals surface area contributed by atoms with Crippen molar-refractivity contribution in [3.8, 4) is 0 Å². The van der Waals surface area contributed by atoms with Crippen molar-refractivity contribution in [3.63, 3.8) is 0 Å². The molecule has 2 fully saturated rings. The Morgan fingerprint density at radius 2 is 1.57 bits per heavy atom. The number of likely N-dealkylation sites (tertiary alicyclic amines) is 1. The first-order chi connectivity index (χ1) is 6.85. The van der Waals surface area contributed by atoms with E-state index in [9.17, 15) is 5.11 Å². The lowest BCUT2D eigenvalue weighted by Crippen LogP contribution is -2.45. The molecule has 0 amide bonds. The van der Waals surface area contributed by atoms with Crippen molar-refractivity contribution in [2.45, 2.75) is 44.9 Å². The highest BCUT2D eigenvalue weighted by molar-refractivity contribution is 4.90. The van der Waals surface area contributed by atoms with Crippen molar-refractivity contribution in [2.75, 3.05) is 26.2 Å². The molecular weight excluding hydrogens is 174 g/mol. The first-order valence-corrected chi connectivity index (χ1v) is 6.18. The molecule has 0 radical (unpaired) electrons. The second-order valence-electron chi connectivity index (χ2n) is 5.20. The summed E-state index contributed by atoms with van der Waals surface area (Å²) in [6.45, 7) is 4.09. The Bertz CT molecular complexity index is 164. The fourth-order valence-electron chi connectivity index (χ4n) is 2.81. The number of aliphatic hydroxyl groups excluding tert-OH is 1. The first-order valence-electron chi connectivity index (χ1n) is 6.18. The lowest BCUT2D eigenvalue weighted by Gasteiger charge is -2.43. The van der Waals surface area contributed by atoms with Gasteiger partial charge in [0, 0.05) is 18.6 Å². The zero-order valence-corrected chi connectivity index (χ0v) is 9.17. The second kappa shape index (κ2) is 4.63. The summed E-state index contributed by atoms with van der Waals surface area (Å²) in [6.07, 6.45) is 9.36. The van der Waals surface area contributed by atoms with Crippen molar-refractivity contribution in [2.24, 2.45) is 5.41 Å². The minimum atomic E-state index is 0.296. The summed E-state index contributed by atoms with van der Waals surface area (Å²) in [6, 6.07) is 0. The summed E-state index contributed by atoms with van der Waals surface area (Å²) in [5.41, 5.74) is 0.296. The van der Waals surface area contributed by atoms with Gasteiger partial charge in [-0.2, -0.15) is 0 Å². The zero-order valence-electron chi connectivity index (χ0n) is 9.17. The third-order valence-corrected chi connectivity index (χ3v) is 4.01. The number of hydrogen-bond donors (Lipinski definition) is 1. The van der Waals surface area contributed by atoms with Crippen molar-refractivity contribution < 1.29 is 5.11 Å². The van der Waals surface area contributed by atoms with E-state index in [1.54, 1.807) is 0 Å². The highest BCUT2D eigenvalue weighted by Gasteiger charge is 2.37. The summed E-state index contributed by atoms with van der Waals surface area (Å²) in [7, 11) is 0. The molecule has 1 saturated carbocycles. The summed E-state index contributed by atoms with van der Waals surface area (Å²) in [5, 5.41) is 9.41. The van der Waals surface area contributed by atoms with E-state index in [4.69, 9.17) is 0 Å². The van der Waals surface area contributed by atoms with E-state index in [0.717, 1.165) is 6.54 Å². The molecule has 2 heteroatoms. The van der Waals surface area contributed by atoms with Crippen LogP contribution in [0.1, 0.15) is 44.9 Å². The minimum Gasteiger partial charge on any atom is -0.396 e. The molecule has 0 spiro atoms. The van der Waals surface area contributed by atoms with E-state index in [2.05, 4.69) is 4.90 Å². The van der Waals surface area contributed by atoms with Gasteiger partial charge in [-0.25, -0.2) is 0 Å². The van der Waals surface area contributed by atoms with Crippen molar-refractivity contribution in [1.29, 1.82) is 0 Å². The van der Waals surface area contributed by atoms with Crippen LogP contribution >= 0.6 is 0 Å². The lowest BCUT2D eigenvalue weighted by molar-refractivity contribution is 0.00870. The van der Waals surface area contributed by atoms with E-state index in [1.807, 2.05) is 0 Å². The largest absolute Gasteiger partial charge is 0.396 e. The van der Waals surface area contributed by atoms with E-state index >= 15 is 0 Å². The highest BCUT2D eigenvalue weighted by atomic mass is 16.3. The molecule has 0 aromatic rings. The number of nitrogens with zero attached hydrogens (tertiary/aromatic N) is 1. The standard InChI is InChI=1S/C12H23NO/c14-11-12(6-5-7-12)10-13-8-3-1-2-4-9-13/h14H,1-11H2. The zero-order chi connectivity index (χ0) is 9.86. The van der Waals surface area contributed by atoms with E-state index < -0.39 is 0 Å². The summed E-state index contributed by atoms with van der Waals surface area (Å²) in [4.78, 5) is 2.59. The molecule has 1 aliphatic carbocycles. The fourth-order valence-corrected chi connectivity index (χ4v) is 2.81. The van der Waals surface area contributed by atoms with Gasteiger partial charge in [0.05, 0.1) is 0 Å². The molecule has 0 aromatic carbocycles. The van der Waals surface area contributed by atoms with E-state index in [0.29, 0.717) is 12.0 Å². The smallest absolute Gasteiger partial charge is 0.0499 e. The lowest BCUT2D eigenvalue weighted by atomic mass is 9.69. The van der Waals surface area contributed by atoms with Gasteiger partial charge in [-0.1, -0.05) is 19.3 Å². The molecule has 82 valence electrons. The van der Waals surface area contributed by atoms with Crippen LogP contribution in [-0.4, -0.2) is 36.2 Å². The minimum absolute atomic E-state index is 0.296. The van der Waals surface area contributed by atoms with Crippen LogP contribution in [-0.2, 0) is 0 Å². The Balaban J connectivity index is 1.82. The maximum Gasteiger partial charge on any atom is 0.0499 e. The average molecular weight is 197 g/mol. The molecule has 14 heavy (non-hydrogen) atoms. The van der Waals surface area contributed by atoms with Crippen LogP contribution in [0.2, 0.25) is 0 Å². The Morgan fingerprint density at radius 1 is 0.929 bits per heavy atom. The third kappa shape index (κ3) is 2.29. The molecular formula is C12H23NO. The number of aliphatic hydroxyl groups is 1. The SMILES string of the molecule is OCC1(CN2CCCCCC2)CCC1. The summed E-state index contributed by atoms with van der Waals surface area (Å²) >= 11 is 0. The second-order valence-corrected chi connectivity index (χ2v) is 5.20. The molecule has 2 rings (SSSR count). The van der Waals surface area contributed by atoms with Crippen molar-refractivity contribution in [3.05, 3.63) is 0 Å². The van der Waals surface area contributed by atoms with Gasteiger partial charge in [-0.15, -0.1) is 0 Å². The van der Waals surface area contributed by atoms with Crippen LogP contribution in [0.15, 0.2) is 0 Å². The molecule has 0 aromatic heterocycles. The number of rotatable bonds is 3. The topological polar surface area (TPSA) is 23.5 Å². The van der Waals surface area contributed by atoms with Gasteiger partial charge in [0.2, 0.25) is 0 Å². The molecule has 0 bridgehead atoms. The Hall–Kier alpha value is -0.0800. The average Bonchev–Trinajstić information content (AvgIpc) is 2.39. The fraction of sp³-hybridized carbons (Fsp3) is 1.00. The van der Waals surface area contributed by atoms with Crippen molar-refractivity contribution in [1.82, 2.24) is 4.90 Å². The maximum absolute atomic E-state index is 9.41. The normalized spacial score (nSPS) is 28.1.